The number of carbonyl (C=O) groups excluding carboxylic acids is 4. The van der Waals surface area contributed by atoms with Gasteiger partial charge in [-0.1, -0.05) is 32.1 Å². The molecule has 1 aliphatic heterocycles. The predicted molar refractivity (Wildman–Crippen MR) is 172 cm³/mol. The normalized spacial score (nSPS) is 36.3. The minimum atomic E-state index is -2.23. The molecule has 276 valence electrons. The van der Waals surface area contributed by atoms with Gasteiger partial charge in [-0.3, -0.25) is 9.59 Å². The van der Waals surface area contributed by atoms with Crippen molar-refractivity contribution in [1.29, 1.82) is 0 Å². The number of allylic oxidation sites excluding steroid dienone is 1. The first-order chi connectivity index (χ1) is 22.9. The molecule has 0 aromatic carbocycles. The Morgan fingerprint density at radius 3 is 2.37 bits per heavy atom. The van der Waals surface area contributed by atoms with E-state index >= 15 is 0 Å². The monoisotopic (exact) mass is 1160 g/mol. The van der Waals surface area contributed by atoms with Gasteiger partial charge in [0.1, 0.15) is 42.2 Å². The zero-order valence-electron chi connectivity index (χ0n) is 29.4. The molecule has 3 fully saturated rings. The third kappa shape index (κ3) is 7.64. The van der Waals surface area contributed by atoms with Gasteiger partial charge in [0, 0.05) is 124 Å². The number of hydrogen-bond donors (Lipinski definition) is 6. The van der Waals surface area contributed by atoms with E-state index in [2.05, 4.69) is 5.32 Å². The number of hydrogen-bond acceptors (Lipinski definition) is 14. The second kappa shape index (κ2) is 16.8. The van der Waals surface area contributed by atoms with E-state index < -0.39 is 101 Å². The Bertz CT molecular complexity index is 1550. The molecule has 11 atom stereocenters. The SMILES string of the molecule is C/C=C/COC(=O)N[C@@H](c1cccs1)[C@@H](O)C(=O)O[C@H]1C[C@@]2(O)[C@@H](OC(C)=O)[C@@H]3[C@]4(O)CO[C@@H]4C[C@H](O)[C@@]3(C)C(=O)[C@H](O)C(=C1C)C2(C)C.[Ac].[Ac]. The Morgan fingerprint density at radius 2 is 1.82 bits per heavy atom. The minimum absolute atomic E-state index is 0. The molecule has 2 bridgehead atoms. The summed E-state index contributed by atoms with van der Waals surface area (Å²) in [6.45, 7) is 8.48. The second-order valence-electron chi connectivity index (χ2n) is 14.1. The van der Waals surface area contributed by atoms with E-state index in [0.29, 0.717) is 4.88 Å². The summed E-state index contributed by atoms with van der Waals surface area (Å²) < 4.78 is 22.3. The number of fused-ring (bicyclic) bond motifs is 5. The average molecular weight is 1160 g/mol. The van der Waals surface area contributed by atoms with Crippen LogP contribution >= 0.6 is 11.3 Å². The quantitative estimate of drug-likeness (QED) is 0.123. The topological polar surface area (TPSA) is 218 Å². The molecule has 2 saturated carbocycles. The van der Waals surface area contributed by atoms with Gasteiger partial charge >= 0.3 is 18.0 Å². The van der Waals surface area contributed by atoms with Crippen molar-refractivity contribution in [3.05, 3.63) is 45.7 Å². The van der Waals surface area contributed by atoms with Crippen LogP contribution in [0.2, 0.25) is 0 Å². The molecule has 17 heteroatoms. The molecule has 51 heavy (non-hydrogen) atoms. The van der Waals surface area contributed by atoms with E-state index in [9.17, 15) is 44.7 Å². The summed E-state index contributed by atoms with van der Waals surface area (Å²) in [4.78, 5) is 53.7. The van der Waals surface area contributed by atoms with Crippen molar-refractivity contribution >= 4 is 35.2 Å². The van der Waals surface area contributed by atoms with Crippen LogP contribution in [0.5, 0.6) is 0 Å². The summed E-state index contributed by atoms with van der Waals surface area (Å²) in [6.07, 6.45) is -7.62. The van der Waals surface area contributed by atoms with Crippen LogP contribution < -0.4 is 5.32 Å². The number of carbonyl (C=O) groups is 4. The Kier molecular flexibility index (Phi) is 14.9. The van der Waals surface area contributed by atoms with Crippen LogP contribution in [0.1, 0.15) is 65.3 Å². The second-order valence-corrected chi connectivity index (χ2v) is 15.1. The molecule has 14 nitrogen and oxygen atoms in total. The van der Waals surface area contributed by atoms with E-state index in [0.717, 1.165) is 18.3 Å². The van der Waals surface area contributed by atoms with E-state index in [1.54, 1.807) is 50.4 Å². The number of ether oxygens (including phenoxy) is 4. The van der Waals surface area contributed by atoms with E-state index in [-0.39, 0.29) is 119 Å². The zero-order chi connectivity index (χ0) is 36.3. The summed E-state index contributed by atoms with van der Waals surface area (Å²) in [7, 11) is 0. The molecule has 1 aromatic heterocycles. The number of aliphatic hydroxyl groups excluding tert-OH is 3. The van der Waals surface area contributed by atoms with Crippen LogP contribution in [-0.4, -0.2) is 110 Å². The number of rotatable bonds is 8. The van der Waals surface area contributed by atoms with Crippen molar-refractivity contribution < 1.29 is 152 Å². The molecule has 1 amide bonds. The molecule has 2 radical (unpaired) electrons. The molecule has 6 N–H and O–H groups in total. The first kappa shape index (κ1) is 45.1. The number of thiophene rings is 1. The van der Waals surface area contributed by atoms with Crippen molar-refractivity contribution in [2.45, 2.75) is 108 Å². The first-order valence-corrected chi connectivity index (χ1v) is 17.1. The van der Waals surface area contributed by atoms with Gasteiger partial charge in [0.15, 0.2) is 11.9 Å². The van der Waals surface area contributed by atoms with Crippen LogP contribution in [0.3, 0.4) is 0 Å². The number of aliphatic hydroxyl groups is 5. The van der Waals surface area contributed by atoms with E-state index in [1.165, 1.54) is 13.8 Å². The van der Waals surface area contributed by atoms with Gasteiger partial charge < -0.3 is 49.8 Å². The zero-order valence-corrected chi connectivity index (χ0v) is 39.7. The maximum absolute atomic E-state index is 14.4. The van der Waals surface area contributed by atoms with Crippen molar-refractivity contribution in [3.63, 3.8) is 0 Å². The number of alkyl carbamates (subject to hydrolysis) is 1. The number of esters is 2. The Hall–Kier alpha value is -0.297. The molecule has 2 heterocycles. The maximum atomic E-state index is 14.4. The van der Waals surface area contributed by atoms with Crippen molar-refractivity contribution in [2.75, 3.05) is 13.2 Å². The standard InChI is InChI=1S/C34H45NO13S.2Ac/c1-7-8-11-45-30(42)35-23(19-10-9-12-49-19)25(39)29(41)48-18-14-34(44)28(47-17(3)36)26-32(6,20(37)13-21-33(26,43)15-46-21)27(40)24(38)22(16(18)2)31(34,4)5;;/h7-10,12,18,20-21,23-26,28,37-39,43-44H,11,13-15H2,1-6H3,(H,35,42);;/b8-7+;;/t18-,20-,21+,23-,24+,25+,26-,28-,32+,33-,34+;;/m0../s1. The molecule has 3 aliphatic carbocycles. The minimum Gasteiger partial charge on any atom is -0.459 e. The van der Waals surface area contributed by atoms with Crippen LogP contribution in [0, 0.1) is 105 Å². The van der Waals surface area contributed by atoms with Crippen molar-refractivity contribution in [2.24, 2.45) is 16.7 Å². The van der Waals surface area contributed by atoms with Crippen molar-refractivity contribution in [3.8, 4) is 0 Å². The third-order valence-electron chi connectivity index (χ3n) is 11.2. The Morgan fingerprint density at radius 1 is 1.16 bits per heavy atom. The first-order valence-electron chi connectivity index (χ1n) is 16.2. The van der Waals surface area contributed by atoms with Crippen LogP contribution in [-0.2, 0) is 33.3 Å². The molecular weight excluding hydrogens is 1120 g/mol. The maximum Gasteiger partial charge on any atom is 0.408 e. The van der Waals surface area contributed by atoms with Crippen LogP contribution in [0.25, 0.3) is 0 Å². The number of Topliss-reactive ketones (excluding diaryl/α,β-unsaturated/α-hetero) is 1. The van der Waals surface area contributed by atoms with Gasteiger partial charge in [0.05, 0.1) is 24.2 Å². The number of nitrogens with one attached hydrogen (secondary N) is 1. The fraction of sp³-hybridized carbons (Fsp3) is 0.647. The van der Waals surface area contributed by atoms with Crippen LogP contribution in [0.4, 0.5) is 4.79 Å². The van der Waals surface area contributed by atoms with Gasteiger partial charge in [-0.2, -0.15) is 0 Å². The van der Waals surface area contributed by atoms with Gasteiger partial charge in [-0.05, 0) is 43.4 Å². The number of ketones is 1. The Labute approximate surface area is 371 Å². The fourth-order valence-corrected chi connectivity index (χ4v) is 9.11. The molecule has 1 saturated heterocycles. The largest absolute Gasteiger partial charge is 0.459 e. The summed E-state index contributed by atoms with van der Waals surface area (Å²) in [5, 5.41) is 63.5. The summed E-state index contributed by atoms with van der Waals surface area (Å²) in [6, 6.07) is 1.97. The summed E-state index contributed by atoms with van der Waals surface area (Å²) in [5.41, 5.74) is -7.35. The smallest absolute Gasteiger partial charge is 0.408 e. The molecule has 4 aliphatic rings. The molecule has 0 spiro atoms. The van der Waals surface area contributed by atoms with Crippen molar-refractivity contribution in [1.82, 2.24) is 5.32 Å². The van der Waals surface area contributed by atoms with Gasteiger partial charge in [0.2, 0.25) is 0 Å². The fourth-order valence-electron chi connectivity index (χ4n) is 8.31. The van der Waals surface area contributed by atoms with Gasteiger partial charge in [-0.25, -0.2) is 9.59 Å². The Balaban J connectivity index is 0.00000351. The number of amides is 1. The average Bonchev–Trinajstić information content (AvgIpc) is 3.56. The summed E-state index contributed by atoms with van der Waals surface area (Å²) in [5.74, 6) is -4.39. The predicted octanol–water partition coefficient (Wildman–Crippen LogP) is 1.23. The molecule has 5 rings (SSSR count). The van der Waals surface area contributed by atoms with Gasteiger partial charge in [-0.15, -0.1) is 11.3 Å². The van der Waals surface area contributed by atoms with Crippen LogP contribution in [0.15, 0.2) is 40.8 Å². The summed E-state index contributed by atoms with van der Waals surface area (Å²) >= 11 is 1.16. The molecular formula is C34H45Ac2NO13S. The van der Waals surface area contributed by atoms with E-state index in [4.69, 9.17) is 18.9 Å². The molecule has 1 aromatic rings. The van der Waals surface area contributed by atoms with Gasteiger partial charge in [0.25, 0.3) is 0 Å². The molecule has 0 unspecified atom stereocenters. The van der Waals surface area contributed by atoms with E-state index in [1.807, 2.05) is 0 Å². The third-order valence-corrected chi connectivity index (χ3v) is 12.1.